The summed E-state index contributed by atoms with van der Waals surface area (Å²) in [5.74, 6) is 0.547. The second kappa shape index (κ2) is 8.32. The highest BCUT2D eigenvalue weighted by atomic mass is 16.5. The van der Waals surface area contributed by atoms with Gasteiger partial charge in [0.15, 0.2) is 0 Å². The summed E-state index contributed by atoms with van der Waals surface area (Å²) >= 11 is 0. The molecule has 1 aromatic carbocycles. The molecule has 0 fully saturated rings. The zero-order valence-corrected chi connectivity index (χ0v) is 11.7. The van der Waals surface area contributed by atoms with Gasteiger partial charge >= 0.3 is 5.97 Å². The third-order valence-electron chi connectivity index (χ3n) is 2.69. The van der Waals surface area contributed by atoms with Crippen molar-refractivity contribution in [3.8, 4) is 5.75 Å². The van der Waals surface area contributed by atoms with Crippen molar-refractivity contribution in [1.82, 2.24) is 5.32 Å². The molecular formula is C15H21NO3. The van der Waals surface area contributed by atoms with Crippen LogP contribution < -0.4 is 10.1 Å². The molecule has 0 unspecified atom stereocenters. The number of esters is 1. The first-order valence-corrected chi connectivity index (χ1v) is 6.38. The number of carbonyl (C=O) groups is 1. The summed E-state index contributed by atoms with van der Waals surface area (Å²) in [6, 6.07) is 8.01. The highest BCUT2D eigenvalue weighted by Gasteiger charge is 2.08. The van der Waals surface area contributed by atoms with Crippen LogP contribution in [0.3, 0.4) is 0 Å². The van der Waals surface area contributed by atoms with Gasteiger partial charge in [0.1, 0.15) is 5.75 Å². The summed E-state index contributed by atoms with van der Waals surface area (Å²) in [6.45, 7) is 4.83. The van der Waals surface area contributed by atoms with E-state index in [1.165, 1.54) is 6.08 Å². The third kappa shape index (κ3) is 5.14. The highest BCUT2D eigenvalue weighted by molar-refractivity contribution is 5.81. The van der Waals surface area contributed by atoms with E-state index in [1.807, 2.05) is 24.3 Å². The van der Waals surface area contributed by atoms with Gasteiger partial charge in [-0.3, -0.25) is 0 Å². The molecule has 0 radical (unpaired) electrons. The van der Waals surface area contributed by atoms with Gasteiger partial charge in [0.25, 0.3) is 0 Å². The number of ether oxygens (including phenoxy) is 2. The van der Waals surface area contributed by atoms with E-state index < -0.39 is 0 Å². The van der Waals surface area contributed by atoms with Gasteiger partial charge in [-0.15, -0.1) is 0 Å². The molecule has 0 amide bonds. The predicted molar refractivity (Wildman–Crippen MR) is 75.2 cm³/mol. The van der Waals surface area contributed by atoms with Gasteiger partial charge in [0.05, 0.1) is 13.7 Å². The van der Waals surface area contributed by atoms with Gasteiger partial charge in [0, 0.05) is 24.2 Å². The average molecular weight is 263 g/mol. The molecule has 1 aromatic rings. The van der Waals surface area contributed by atoms with Gasteiger partial charge in [0.2, 0.25) is 0 Å². The van der Waals surface area contributed by atoms with Crippen molar-refractivity contribution in [2.24, 2.45) is 0 Å². The Hall–Kier alpha value is -1.81. The summed E-state index contributed by atoms with van der Waals surface area (Å²) < 4.78 is 10.1. The lowest BCUT2D eigenvalue weighted by molar-refractivity contribution is -0.137. The number of nitrogens with one attached hydrogen (secondary N) is 1. The zero-order chi connectivity index (χ0) is 14.1. The van der Waals surface area contributed by atoms with E-state index >= 15 is 0 Å². The Morgan fingerprint density at radius 2 is 2.16 bits per heavy atom. The molecule has 19 heavy (non-hydrogen) atoms. The second-order valence-corrected chi connectivity index (χ2v) is 4.03. The Balaban J connectivity index is 2.47. The number of rotatable bonds is 7. The Labute approximate surface area is 114 Å². The Morgan fingerprint density at radius 3 is 2.84 bits per heavy atom. The predicted octanol–water partition coefficient (Wildman–Crippen LogP) is 2.47. The number of hydrogen-bond donors (Lipinski definition) is 1. The van der Waals surface area contributed by atoms with E-state index in [0.717, 1.165) is 11.3 Å². The molecule has 0 aliphatic heterocycles. The minimum absolute atomic E-state index is 0.142. The van der Waals surface area contributed by atoms with Crippen LogP contribution in [0, 0.1) is 0 Å². The topological polar surface area (TPSA) is 47.6 Å². The molecule has 0 saturated heterocycles. The molecule has 0 heterocycles. The molecule has 4 nitrogen and oxygen atoms in total. The van der Waals surface area contributed by atoms with Crippen LogP contribution in [-0.4, -0.2) is 26.2 Å². The van der Waals surface area contributed by atoms with E-state index in [2.05, 4.69) is 12.2 Å². The normalized spacial score (nSPS) is 12.4. The molecule has 0 saturated carbocycles. The van der Waals surface area contributed by atoms with Crippen LogP contribution in [0.15, 0.2) is 36.4 Å². The van der Waals surface area contributed by atoms with Crippen molar-refractivity contribution >= 4 is 5.97 Å². The van der Waals surface area contributed by atoms with Gasteiger partial charge < -0.3 is 14.8 Å². The monoisotopic (exact) mass is 263 g/mol. The first-order valence-electron chi connectivity index (χ1n) is 6.38. The second-order valence-electron chi connectivity index (χ2n) is 4.03. The lowest BCUT2D eigenvalue weighted by Gasteiger charge is -2.16. The van der Waals surface area contributed by atoms with Crippen LogP contribution in [-0.2, 0) is 9.53 Å². The molecule has 0 aromatic heterocycles. The Morgan fingerprint density at radius 1 is 1.42 bits per heavy atom. The van der Waals surface area contributed by atoms with Crippen molar-refractivity contribution in [2.45, 2.75) is 19.9 Å². The number of methoxy groups -OCH3 is 1. The van der Waals surface area contributed by atoms with Crippen LogP contribution >= 0.6 is 0 Å². The molecule has 1 N–H and O–H groups in total. The lowest BCUT2D eigenvalue weighted by Crippen LogP contribution is -2.19. The summed E-state index contributed by atoms with van der Waals surface area (Å²) in [5, 5.41) is 3.30. The molecule has 104 valence electrons. The van der Waals surface area contributed by atoms with Crippen LogP contribution in [0.1, 0.15) is 25.5 Å². The number of hydrogen-bond acceptors (Lipinski definition) is 4. The SMILES string of the molecule is CCOC(=O)/C=C/CN[C@H](C)c1ccccc1OC. The van der Waals surface area contributed by atoms with Gasteiger partial charge in [-0.1, -0.05) is 24.3 Å². The minimum Gasteiger partial charge on any atom is -0.496 e. The van der Waals surface area contributed by atoms with Gasteiger partial charge in [-0.05, 0) is 19.9 Å². The van der Waals surface area contributed by atoms with E-state index in [1.54, 1.807) is 20.1 Å². The lowest BCUT2D eigenvalue weighted by atomic mass is 10.1. The number of para-hydroxylation sites is 1. The van der Waals surface area contributed by atoms with E-state index in [0.29, 0.717) is 13.2 Å². The molecule has 0 spiro atoms. The van der Waals surface area contributed by atoms with Crippen molar-refractivity contribution in [2.75, 3.05) is 20.3 Å². The maximum atomic E-state index is 11.1. The molecule has 1 atom stereocenters. The zero-order valence-electron chi connectivity index (χ0n) is 11.7. The Bertz CT molecular complexity index is 429. The van der Waals surface area contributed by atoms with Gasteiger partial charge in [-0.25, -0.2) is 4.79 Å². The van der Waals surface area contributed by atoms with Crippen molar-refractivity contribution in [3.05, 3.63) is 42.0 Å². The maximum Gasteiger partial charge on any atom is 0.330 e. The first kappa shape index (κ1) is 15.2. The fourth-order valence-corrected chi connectivity index (χ4v) is 1.72. The molecule has 0 aliphatic carbocycles. The first-order chi connectivity index (χ1) is 9.19. The molecule has 0 aliphatic rings. The number of carbonyl (C=O) groups excluding carboxylic acids is 1. The summed E-state index contributed by atoms with van der Waals surface area (Å²) in [5.41, 5.74) is 1.09. The fraction of sp³-hybridized carbons (Fsp3) is 0.400. The minimum atomic E-state index is -0.311. The smallest absolute Gasteiger partial charge is 0.330 e. The fourth-order valence-electron chi connectivity index (χ4n) is 1.72. The van der Waals surface area contributed by atoms with E-state index in [9.17, 15) is 4.79 Å². The standard InChI is InChI=1S/C15H21NO3/c1-4-19-15(17)10-7-11-16-12(2)13-8-5-6-9-14(13)18-3/h5-10,12,16H,4,11H2,1-3H3/b10-7+/t12-/m1/s1. The maximum absolute atomic E-state index is 11.1. The summed E-state index contributed by atoms with van der Waals surface area (Å²) in [6.07, 6.45) is 3.19. The molecule has 4 heteroatoms. The number of benzene rings is 1. The van der Waals surface area contributed by atoms with E-state index in [-0.39, 0.29) is 12.0 Å². The Kier molecular flexibility index (Phi) is 6.68. The van der Waals surface area contributed by atoms with Crippen LogP contribution in [0.2, 0.25) is 0 Å². The highest BCUT2D eigenvalue weighted by Crippen LogP contribution is 2.23. The van der Waals surface area contributed by atoms with Gasteiger partial charge in [-0.2, -0.15) is 0 Å². The quantitative estimate of drug-likeness (QED) is 0.606. The van der Waals surface area contributed by atoms with Crippen molar-refractivity contribution in [3.63, 3.8) is 0 Å². The summed E-state index contributed by atoms with van der Waals surface area (Å²) in [7, 11) is 1.66. The van der Waals surface area contributed by atoms with Crippen LogP contribution in [0.5, 0.6) is 5.75 Å². The van der Waals surface area contributed by atoms with Crippen molar-refractivity contribution in [1.29, 1.82) is 0 Å². The molecule has 0 bridgehead atoms. The van der Waals surface area contributed by atoms with Crippen LogP contribution in [0.4, 0.5) is 0 Å². The third-order valence-corrected chi connectivity index (χ3v) is 2.69. The molecular weight excluding hydrogens is 242 g/mol. The molecule has 1 rings (SSSR count). The largest absolute Gasteiger partial charge is 0.496 e. The van der Waals surface area contributed by atoms with Crippen LogP contribution in [0.25, 0.3) is 0 Å². The van der Waals surface area contributed by atoms with E-state index in [4.69, 9.17) is 9.47 Å². The summed E-state index contributed by atoms with van der Waals surface area (Å²) in [4.78, 5) is 11.1. The average Bonchev–Trinajstić information content (AvgIpc) is 2.43. The van der Waals surface area contributed by atoms with Crippen molar-refractivity contribution < 1.29 is 14.3 Å².